The highest BCUT2D eigenvalue weighted by Crippen LogP contribution is 2.24. The molecule has 0 aliphatic carbocycles. The van der Waals surface area contributed by atoms with Gasteiger partial charge in [0.05, 0.1) is 6.54 Å². The van der Waals surface area contributed by atoms with Crippen molar-refractivity contribution in [2.24, 2.45) is 0 Å². The number of cyclic esters (lactones) is 1. The van der Waals surface area contributed by atoms with E-state index >= 15 is 0 Å². The summed E-state index contributed by atoms with van der Waals surface area (Å²) < 4.78 is 5.06. The van der Waals surface area contributed by atoms with Crippen LogP contribution >= 0.6 is 0 Å². The largest absolute Gasteiger partial charge is 0.480 e. The van der Waals surface area contributed by atoms with Gasteiger partial charge in [-0.15, -0.1) is 0 Å². The number of hydrogen-bond acceptors (Lipinski definition) is 4. The van der Waals surface area contributed by atoms with Crippen LogP contribution in [-0.2, 0) is 9.53 Å². The predicted octanol–water partition coefficient (Wildman–Crippen LogP) is 0.659. The van der Waals surface area contributed by atoms with Gasteiger partial charge in [0.15, 0.2) is 0 Å². The lowest BCUT2D eigenvalue weighted by Gasteiger charge is -2.09. The van der Waals surface area contributed by atoms with Gasteiger partial charge in [0.25, 0.3) is 0 Å². The lowest BCUT2D eigenvalue weighted by molar-refractivity contribution is -0.137. The van der Waals surface area contributed by atoms with Crippen LogP contribution in [0.4, 0.5) is 4.79 Å². The van der Waals surface area contributed by atoms with Crippen molar-refractivity contribution in [2.45, 2.75) is 6.10 Å². The molecular weight excluding hydrogens is 212 g/mol. The first-order valence-corrected chi connectivity index (χ1v) is 4.74. The molecular formula is C10H10N2O4. The molecule has 2 rings (SSSR count). The number of hydrogen-bond donors (Lipinski definition) is 1. The molecule has 1 N–H and O–H groups in total. The Hall–Kier alpha value is -2.11. The van der Waals surface area contributed by atoms with E-state index in [9.17, 15) is 9.59 Å². The van der Waals surface area contributed by atoms with E-state index in [1.54, 1.807) is 24.5 Å². The van der Waals surface area contributed by atoms with Crippen LogP contribution in [0.15, 0.2) is 24.5 Å². The molecule has 2 heterocycles. The highest BCUT2D eigenvalue weighted by Gasteiger charge is 2.33. The van der Waals surface area contributed by atoms with E-state index in [0.717, 1.165) is 10.5 Å². The van der Waals surface area contributed by atoms with Crippen LogP contribution in [0.2, 0.25) is 0 Å². The summed E-state index contributed by atoms with van der Waals surface area (Å²) in [6.07, 6.45) is 2.20. The molecule has 1 fully saturated rings. The Kier molecular flexibility index (Phi) is 2.72. The van der Waals surface area contributed by atoms with Crippen LogP contribution in [0.1, 0.15) is 11.7 Å². The quantitative estimate of drug-likeness (QED) is 0.812. The zero-order valence-electron chi connectivity index (χ0n) is 8.37. The highest BCUT2D eigenvalue weighted by molar-refractivity contribution is 5.78. The van der Waals surface area contributed by atoms with Gasteiger partial charge in [0.2, 0.25) is 0 Å². The molecule has 0 aromatic carbocycles. The lowest BCUT2D eigenvalue weighted by atomic mass is 10.1. The van der Waals surface area contributed by atoms with Crippen molar-refractivity contribution < 1.29 is 19.4 Å². The number of rotatable bonds is 3. The van der Waals surface area contributed by atoms with Crippen LogP contribution in [0.25, 0.3) is 0 Å². The number of carboxylic acid groups (broad SMARTS) is 1. The summed E-state index contributed by atoms with van der Waals surface area (Å²) in [5.41, 5.74) is 0.816. The Morgan fingerprint density at radius 2 is 2.25 bits per heavy atom. The van der Waals surface area contributed by atoms with E-state index in [-0.39, 0.29) is 13.1 Å². The molecule has 6 nitrogen and oxygen atoms in total. The number of carbonyl (C=O) groups excluding carboxylic acids is 1. The second-order valence-corrected chi connectivity index (χ2v) is 3.43. The van der Waals surface area contributed by atoms with E-state index < -0.39 is 18.2 Å². The van der Waals surface area contributed by atoms with Gasteiger partial charge in [0.1, 0.15) is 12.6 Å². The predicted molar refractivity (Wildman–Crippen MR) is 52.7 cm³/mol. The number of aromatic nitrogens is 1. The second-order valence-electron chi connectivity index (χ2n) is 3.43. The first kappa shape index (κ1) is 10.4. The Balaban J connectivity index is 2.07. The van der Waals surface area contributed by atoms with Crippen LogP contribution < -0.4 is 0 Å². The number of carbonyl (C=O) groups is 2. The fourth-order valence-electron chi connectivity index (χ4n) is 1.55. The fraction of sp³-hybridized carbons (Fsp3) is 0.300. The second kappa shape index (κ2) is 4.18. The fourth-order valence-corrected chi connectivity index (χ4v) is 1.55. The van der Waals surface area contributed by atoms with Crippen molar-refractivity contribution >= 4 is 12.1 Å². The minimum Gasteiger partial charge on any atom is -0.480 e. The van der Waals surface area contributed by atoms with E-state index in [1.165, 1.54) is 0 Å². The number of carboxylic acids is 1. The first-order valence-electron chi connectivity index (χ1n) is 4.74. The maximum atomic E-state index is 11.3. The van der Waals surface area contributed by atoms with Crippen LogP contribution in [-0.4, -0.2) is 40.1 Å². The van der Waals surface area contributed by atoms with Gasteiger partial charge in [-0.1, -0.05) is 0 Å². The van der Waals surface area contributed by atoms with Gasteiger partial charge < -0.3 is 9.84 Å². The molecule has 6 heteroatoms. The van der Waals surface area contributed by atoms with Crippen molar-refractivity contribution in [1.82, 2.24) is 9.88 Å². The minimum absolute atomic E-state index is 0.259. The van der Waals surface area contributed by atoms with Gasteiger partial charge in [-0.05, 0) is 17.7 Å². The summed E-state index contributed by atoms with van der Waals surface area (Å²) in [6.45, 7) is -0.0738. The molecule has 1 atom stereocenters. The van der Waals surface area contributed by atoms with Crippen LogP contribution in [0, 0.1) is 0 Å². The maximum Gasteiger partial charge on any atom is 0.411 e. The molecule has 1 saturated heterocycles. The zero-order chi connectivity index (χ0) is 11.5. The Bertz CT molecular complexity index is 407. The summed E-state index contributed by atoms with van der Waals surface area (Å²) >= 11 is 0. The molecule has 1 unspecified atom stereocenters. The first-order chi connectivity index (χ1) is 7.66. The zero-order valence-corrected chi connectivity index (χ0v) is 8.37. The smallest absolute Gasteiger partial charge is 0.411 e. The average molecular weight is 222 g/mol. The van der Waals surface area contributed by atoms with Crippen molar-refractivity contribution in [3.05, 3.63) is 30.1 Å². The van der Waals surface area contributed by atoms with Gasteiger partial charge in [-0.3, -0.25) is 14.7 Å². The average Bonchev–Trinajstić information content (AvgIpc) is 2.61. The molecule has 0 saturated carbocycles. The number of nitrogens with zero attached hydrogens (tertiary/aromatic N) is 2. The summed E-state index contributed by atoms with van der Waals surface area (Å²) in [7, 11) is 0. The SMILES string of the molecule is O=C(O)CN1CC(c2ccncc2)OC1=O. The standard InChI is InChI=1S/C10H10N2O4/c13-9(14)6-12-5-8(16-10(12)15)7-1-3-11-4-2-7/h1-4,8H,5-6H2,(H,13,14). The summed E-state index contributed by atoms with van der Waals surface area (Å²) in [5.74, 6) is -1.05. The van der Waals surface area contributed by atoms with Gasteiger partial charge in [-0.25, -0.2) is 4.79 Å². The van der Waals surface area contributed by atoms with E-state index in [2.05, 4.69) is 4.98 Å². The molecule has 0 radical (unpaired) electrons. The van der Waals surface area contributed by atoms with Gasteiger partial charge in [0, 0.05) is 12.4 Å². The molecule has 16 heavy (non-hydrogen) atoms. The third-order valence-corrected chi connectivity index (χ3v) is 2.29. The molecule has 1 aromatic rings. The molecule has 1 amide bonds. The normalized spacial score (nSPS) is 19.6. The molecule has 0 bridgehead atoms. The van der Waals surface area contributed by atoms with Crippen molar-refractivity contribution in [3.8, 4) is 0 Å². The van der Waals surface area contributed by atoms with E-state index in [0.29, 0.717) is 0 Å². The molecule has 1 aromatic heterocycles. The number of pyridine rings is 1. The molecule has 1 aliphatic heterocycles. The topological polar surface area (TPSA) is 79.7 Å². The number of aliphatic carboxylic acids is 1. The van der Waals surface area contributed by atoms with Gasteiger partial charge >= 0.3 is 12.1 Å². The lowest BCUT2D eigenvalue weighted by Crippen LogP contribution is -2.30. The summed E-state index contributed by atoms with van der Waals surface area (Å²) in [5, 5.41) is 8.59. The monoisotopic (exact) mass is 222 g/mol. The highest BCUT2D eigenvalue weighted by atomic mass is 16.6. The molecule has 0 spiro atoms. The van der Waals surface area contributed by atoms with E-state index in [4.69, 9.17) is 9.84 Å². The molecule has 1 aliphatic rings. The maximum absolute atomic E-state index is 11.3. The summed E-state index contributed by atoms with van der Waals surface area (Å²) in [6, 6.07) is 3.48. The third-order valence-electron chi connectivity index (χ3n) is 2.29. The van der Waals surface area contributed by atoms with Gasteiger partial charge in [-0.2, -0.15) is 0 Å². The van der Waals surface area contributed by atoms with Crippen molar-refractivity contribution in [1.29, 1.82) is 0 Å². The Morgan fingerprint density at radius 1 is 1.56 bits per heavy atom. The van der Waals surface area contributed by atoms with Crippen molar-refractivity contribution in [2.75, 3.05) is 13.1 Å². The van der Waals surface area contributed by atoms with E-state index in [1.807, 2.05) is 0 Å². The molecule has 84 valence electrons. The number of amides is 1. The third kappa shape index (κ3) is 2.10. The Labute approximate surface area is 91.5 Å². The number of ether oxygens (including phenoxy) is 1. The van der Waals surface area contributed by atoms with Crippen LogP contribution in [0.3, 0.4) is 0 Å². The summed E-state index contributed by atoms with van der Waals surface area (Å²) in [4.78, 5) is 26.8. The van der Waals surface area contributed by atoms with Crippen LogP contribution in [0.5, 0.6) is 0 Å². The Morgan fingerprint density at radius 3 is 2.88 bits per heavy atom. The minimum atomic E-state index is -1.05. The van der Waals surface area contributed by atoms with Crippen molar-refractivity contribution in [3.63, 3.8) is 0 Å².